The first-order chi connectivity index (χ1) is 11.0. The van der Waals surface area contributed by atoms with Crippen molar-refractivity contribution >= 4 is 11.4 Å². The Kier molecular flexibility index (Phi) is 4.39. The van der Waals surface area contributed by atoms with Crippen LogP contribution in [0.5, 0.6) is 0 Å². The van der Waals surface area contributed by atoms with Gasteiger partial charge in [0.05, 0.1) is 18.1 Å². The van der Waals surface area contributed by atoms with Crippen molar-refractivity contribution in [2.75, 3.05) is 13.7 Å². The number of methoxy groups -OCH3 is 1. The predicted octanol–water partition coefficient (Wildman–Crippen LogP) is 2.93. The van der Waals surface area contributed by atoms with Crippen LogP contribution in [0, 0.1) is 5.92 Å². The van der Waals surface area contributed by atoms with E-state index in [1.54, 1.807) is 16.8 Å². The van der Waals surface area contributed by atoms with Crippen molar-refractivity contribution in [1.29, 1.82) is 0 Å². The maximum atomic E-state index is 13.2. The van der Waals surface area contributed by atoms with Gasteiger partial charge in [0.1, 0.15) is 6.61 Å². The minimum atomic E-state index is -2.51. The fourth-order valence-electron chi connectivity index (χ4n) is 2.99. The van der Waals surface area contributed by atoms with Crippen LogP contribution in [0.15, 0.2) is 18.5 Å². The molecule has 5 nitrogen and oxygen atoms in total. The van der Waals surface area contributed by atoms with Crippen LogP contribution in [-0.2, 0) is 11.2 Å². The van der Waals surface area contributed by atoms with Crippen molar-refractivity contribution in [1.82, 2.24) is 14.6 Å². The molecule has 0 atom stereocenters. The zero-order valence-electron chi connectivity index (χ0n) is 13.0. The Hall–Kier alpha value is -1.89. The molecule has 3 rings (SSSR count). The van der Waals surface area contributed by atoms with Crippen LogP contribution in [0.4, 0.5) is 8.78 Å². The molecule has 0 aromatic carbocycles. The van der Waals surface area contributed by atoms with Crippen LogP contribution in [-0.4, -0.2) is 40.0 Å². The molecule has 1 fully saturated rings. The molecular weight excluding hydrogens is 304 g/mol. The number of alkyl halides is 2. The number of imidazole rings is 1. The van der Waals surface area contributed by atoms with Crippen molar-refractivity contribution in [3.63, 3.8) is 0 Å². The minimum Gasteiger partial charge on any atom is -0.377 e. The third-order valence-corrected chi connectivity index (χ3v) is 4.30. The molecule has 0 spiro atoms. The van der Waals surface area contributed by atoms with E-state index in [-0.39, 0.29) is 31.1 Å². The number of hydrogen-bond donors (Lipinski definition) is 0. The van der Waals surface area contributed by atoms with Gasteiger partial charge in [0.25, 0.3) is 0 Å². The number of rotatable bonds is 5. The van der Waals surface area contributed by atoms with Gasteiger partial charge in [-0.15, -0.1) is 0 Å². The van der Waals surface area contributed by atoms with Crippen LogP contribution in [0.1, 0.15) is 41.7 Å². The molecule has 124 valence electrons. The smallest absolute Gasteiger partial charge is 0.248 e. The average molecular weight is 323 g/mol. The number of carbonyl (C=O) groups is 1. The van der Waals surface area contributed by atoms with Crippen molar-refractivity contribution in [2.45, 2.75) is 38.0 Å². The molecule has 0 bridgehead atoms. The van der Waals surface area contributed by atoms with Gasteiger partial charge in [0.2, 0.25) is 5.92 Å². The molecule has 0 radical (unpaired) electrons. The molecule has 0 N–H and O–H groups in total. The fourth-order valence-corrected chi connectivity index (χ4v) is 2.99. The molecule has 2 aromatic heterocycles. The van der Waals surface area contributed by atoms with Crippen LogP contribution >= 0.6 is 0 Å². The molecule has 1 aliphatic carbocycles. The molecule has 0 aliphatic heterocycles. The van der Waals surface area contributed by atoms with Crippen molar-refractivity contribution in [3.05, 3.63) is 29.7 Å². The SMILES string of the molecule is COCC(=O)c1cnn2cc(CC3CCC(F)(F)CC3)nc2c1. The highest BCUT2D eigenvalue weighted by molar-refractivity contribution is 5.97. The van der Waals surface area contributed by atoms with Gasteiger partial charge in [-0.3, -0.25) is 4.79 Å². The number of fused-ring (bicyclic) bond motifs is 1. The van der Waals surface area contributed by atoms with Gasteiger partial charge in [0.15, 0.2) is 11.4 Å². The van der Waals surface area contributed by atoms with E-state index in [0.29, 0.717) is 30.5 Å². The first-order valence-corrected chi connectivity index (χ1v) is 7.71. The zero-order chi connectivity index (χ0) is 16.4. The van der Waals surface area contributed by atoms with E-state index in [2.05, 4.69) is 10.1 Å². The Morgan fingerprint density at radius 2 is 2.17 bits per heavy atom. The standard InChI is InChI=1S/C16H19F2N3O2/c1-23-10-14(22)12-7-15-20-13(9-21(15)19-8-12)6-11-2-4-16(17,18)5-3-11/h7-9,11H,2-6,10H2,1H3. The highest BCUT2D eigenvalue weighted by atomic mass is 19.3. The van der Waals surface area contributed by atoms with E-state index in [1.165, 1.54) is 13.3 Å². The first-order valence-electron chi connectivity index (χ1n) is 7.71. The molecule has 2 heterocycles. The molecule has 1 aliphatic rings. The van der Waals surface area contributed by atoms with Crippen LogP contribution in [0.3, 0.4) is 0 Å². The van der Waals surface area contributed by atoms with Gasteiger partial charge in [-0.2, -0.15) is 5.10 Å². The average Bonchev–Trinajstić information content (AvgIpc) is 2.91. The summed E-state index contributed by atoms with van der Waals surface area (Å²) in [5.41, 5.74) is 1.86. The maximum absolute atomic E-state index is 13.2. The van der Waals surface area contributed by atoms with Crippen molar-refractivity contribution in [3.8, 4) is 0 Å². The third kappa shape index (κ3) is 3.72. The second-order valence-corrected chi connectivity index (χ2v) is 6.14. The number of ketones is 1. The lowest BCUT2D eigenvalue weighted by Crippen LogP contribution is -2.25. The Morgan fingerprint density at radius 1 is 1.43 bits per heavy atom. The molecule has 0 amide bonds. The van der Waals surface area contributed by atoms with Gasteiger partial charge in [-0.25, -0.2) is 18.3 Å². The lowest BCUT2D eigenvalue weighted by Gasteiger charge is -2.27. The number of ether oxygens (including phenoxy) is 1. The maximum Gasteiger partial charge on any atom is 0.248 e. The lowest BCUT2D eigenvalue weighted by atomic mass is 9.84. The fraction of sp³-hybridized carbons (Fsp3) is 0.562. The Morgan fingerprint density at radius 3 is 2.87 bits per heavy atom. The number of hydrogen-bond acceptors (Lipinski definition) is 4. The highest BCUT2D eigenvalue weighted by Crippen LogP contribution is 2.37. The van der Waals surface area contributed by atoms with Crippen molar-refractivity contribution < 1.29 is 18.3 Å². The predicted molar refractivity (Wildman–Crippen MR) is 79.8 cm³/mol. The minimum absolute atomic E-state index is 0.00169. The van der Waals surface area contributed by atoms with Crippen LogP contribution < -0.4 is 0 Å². The summed E-state index contributed by atoms with van der Waals surface area (Å²) in [5.74, 6) is -2.43. The van der Waals surface area contributed by atoms with Crippen LogP contribution in [0.25, 0.3) is 5.65 Å². The third-order valence-electron chi connectivity index (χ3n) is 4.30. The van der Waals surface area contributed by atoms with Gasteiger partial charge < -0.3 is 4.74 Å². The Bertz CT molecular complexity index is 704. The highest BCUT2D eigenvalue weighted by Gasteiger charge is 2.35. The number of carbonyl (C=O) groups excluding carboxylic acids is 1. The number of Topliss-reactive ketones (excluding diaryl/α,β-unsaturated/α-hetero) is 1. The summed E-state index contributed by atoms with van der Waals surface area (Å²) >= 11 is 0. The lowest BCUT2D eigenvalue weighted by molar-refractivity contribution is -0.0457. The number of aromatic nitrogens is 3. The van der Waals surface area contributed by atoms with Gasteiger partial charge >= 0.3 is 0 Å². The molecule has 7 heteroatoms. The monoisotopic (exact) mass is 323 g/mol. The summed E-state index contributed by atoms with van der Waals surface area (Å²) in [7, 11) is 1.46. The number of halogens is 2. The van der Waals surface area contributed by atoms with Crippen molar-refractivity contribution in [2.24, 2.45) is 5.92 Å². The molecule has 0 saturated heterocycles. The van der Waals surface area contributed by atoms with E-state index in [9.17, 15) is 13.6 Å². The van der Waals surface area contributed by atoms with Crippen LogP contribution in [0.2, 0.25) is 0 Å². The van der Waals surface area contributed by atoms with E-state index >= 15 is 0 Å². The number of nitrogens with zero attached hydrogens (tertiary/aromatic N) is 3. The molecule has 2 aromatic rings. The summed E-state index contributed by atoms with van der Waals surface area (Å²) in [5, 5.41) is 4.18. The quantitative estimate of drug-likeness (QED) is 0.794. The van der Waals surface area contributed by atoms with Gasteiger partial charge in [-0.1, -0.05) is 0 Å². The second kappa shape index (κ2) is 6.31. The summed E-state index contributed by atoms with van der Waals surface area (Å²) in [4.78, 5) is 16.3. The molecule has 1 saturated carbocycles. The Balaban J connectivity index is 1.72. The van der Waals surface area contributed by atoms with E-state index in [1.807, 2.05) is 0 Å². The van der Waals surface area contributed by atoms with Gasteiger partial charge in [-0.05, 0) is 31.2 Å². The van der Waals surface area contributed by atoms with E-state index in [0.717, 1.165) is 5.69 Å². The summed E-state index contributed by atoms with van der Waals surface area (Å²) in [6.45, 7) is 0.00169. The molecule has 23 heavy (non-hydrogen) atoms. The van der Waals surface area contributed by atoms with Gasteiger partial charge in [0, 0.05) is 25.5 Å². The zero-order valence-corrected chi connectivity index (χ0v) is 13.0. The van der Waals surface area contributed by atoms with E-state index < -0.39 is 5.92 Å². The molecule has 0 unspecified atom stereocenters. The first kappa shape index (κ1) is 16.0. The normalized spacial score (nSPS) is 18.4. The second-order valence-electron chi connectivity index (χ2n) is 6.14. The summed E-state index contributed by atoms with van der Waals surface area (Å²) in [6, 6.07) is 1.67. The topological polar surface area (TPSA) is 56.5 Å². The van der Waals surface area contributed by atoms with E-state index in [4.69, 9.17) is 4.74 Å². The Labute approximate surface area is 132 Å². The molecular formula is C16H19F2N3O2. The summed E-state index contributed by atoms with van der Waals surface area (Å²) in [6.07, 6.45) is 4.91. The largest absolute Gasteiger partial charge is 0.377 e. The summed E-state index contributed by atoms with van der Waals surface area (Å²) < 4.78 is 32.8.